The summed E-state index contributed by atoms with van der Waals surface area (Å²) in [5.74, 6) is 0.140. The second kappa shape index (κ2) is 8.96. The summed E-state index contributed by atoms with van der Waals surface area (Å²) in [4.78, 5) is 17.5. The van der Waals surface area contributed by atoms with Gasteiger partial charge in [0.25, 0.3) is 0 Å². The van der Waals surface area contributed by atoms with Gasteiger partial charge in [-0.1, -0.05) is 12.1 Å². The lowest BCUT2D eigenvalue weighted by Gasteiger charge is -2.34. The second-order valence-electron chi connectivity index (χ2n) is 6.95. The topological polar surface area (TPSA) is 75.7 Å². The fourth-order valence-electron chi connectivity index (χ4n) is 3.69. The molecule has 0 aliphatic carbocycles. The van der Waals surface area contributed by atoms with Crippen LogP contribution < -0.4 is 9.46 Å². The quantitative estimate of drug-likeness (QED) is 0.550. The Morgan fingerprint density at radius 2 is 2.06 bits per heavy atom. The zero-order valence-electron chi connectivity index (χ0n) is 17.1. The third kappa shape index (κ3) is 4.31. The lowest BCUT2D eigenvalue weighted by Crippen LogP contribution is -2.38. The van der Waals surface area contributed by atoms with E-state index in [0.29, 0.717) is 12.1 Å². The molecule has 3 heterocycles. The minimum absolute atomic E-state index is 0.0319. The summed E-state index contributed by atoms with van der Waals surface area (Å²) in [6.45, 7) is 0.640. The van der Waals surface area contributed by atoms with Gasteiger partial charge in [-0.05, 0) is 65.7 Å². The molecule has 1 aromatic carbocycles. The number of carbonyl (C=O) groups excluding carboxylic acids is 1. The van der Waals surface area contributed by atoms with Crippen molar-refractivity contribution in [1.29, 1.82) is 0 Å². The minimum Gasteiger partial charge on any atom is -0.495 e. The zero-order valence-corrected chi connectivity index (χ0v) is 19.5. The molecule has 3 aromatic rings. The van der Waals surface area contributed by atoms with Gasteiger partial charge in [-0.2, -0.15) is 0 Å². The number of hydrogen-bond acceptors (Lipinski definition) is 6. The number of sulfonamides is 1. The Morgan fingerprint density at radius 3 is 2.77 bits per heavy atom. The SMILES string of the molecule is CNS(=O)(=O)c1cc(/C=C/C(=O)N2CCc3sccc3C2c2cccs2)ccc1OC. The molecule has 1 N–H and O–H groups in total. The van der Waals surface area contributed by atoms with Crippen molar-refractivity contribution in [2.75, 3.05) is 20.7 Å². The number of rotatable bonds is 6. The molecule has 2 aromatic heterocycles. The van der Waals surface area contributed by atoms with Crippen molar-refractivity contribution in [2.45, 2.75) is 17.4 Å². The van der Waals surface area contributed by atoms with Crippen LogP contribution in [0.3, 0.4) is 0 Å². The molecule has 1 amide bonds. The lowest BCUT2D eigenvalue weighted by atomic mass is 9.98. The van der Waals surface area contributed by atoms with Gasteiger partial charge < -0.3 is 9.64 Å². The summed E-state index contributed by atoms with van der Waals surface area (Å²) in [5, 5.41) is 4.10. The van der Waals surface area contributed by atoms with E-state index >= 15 is 0 Å². The third-order valence-corrected chi connectivity index (χ3v) is 8.58. The van der Waals surface area contributed by atoms with E-state index in [2.05, 4.69) is 22.2 Å². The van der Waals surface area contributed by atoms with Crippen LogP contribution in [0.1, 0.15) is 26.9 Å². The van der Waals surface area contributed by atoms with Gasteiger partial charge >= 0.3 is 0 Å². The fraction of sp³-hybridized carbons (Fsp3) is 0.227. The van der Waals surface area contributed by atoms with Crippen molar-refractivity contribution < 1.29 is 17.9 Å². The number of amides is 1. The Kier molecular flexibility index (Phi) is 6.29. The molecule has 162 valence electrons. The third-order valence-electron chi connectivity index (χ3n) is 5.23. The summed E-state index contributed by atoms with van der Waals surface area (Å²) < 4.78 is 32.1. The van der Waals surface area contributed by atoms with Gasteiger partial charge in [0.05, 0.1) is 13.2 Å². The van der Waals surface area contributed by atoms with Crippen LogP contribution in [-0.4, -0.2) is 39.9 Å². The Hall–Kier alpha value is -2.46. The van der Waals surface area contributed by atoms with Crippen LogP contribution in [0, 0.1) is 0 Å². The highest BCUT2D eigenvalue weighted by Gasteiger charge is 2.32. The first-order valence-electron chi connectivity index (χ1n) is 9.64. The van der Waals surface area contributed by atoms with Crippen LogP contribution in [0.2, 0.25) is 0 Å². The molecule has 31 heavy (non-hydrogen) atoms. The minimum atomic E-state index is -3.69. The maximum absolute atomic E-state index is 13.2. The molecule has 0 saturated heterocycles. The number of nitrogens with one attached hydrogen (secondary N) is 1. The van der Waals surface area contributed by atoms with E-state index in [0.717, 1.165) is 11.3 Å². The molecule has 1 atom stereocenters. The number of hydrogen-bond donors (Lipinski definition) is 1. The van der Waals surface area contributed by atoms with Gasteiger partial charge in [0.15, 0.2) is 0 Å². The highest BCUT2D eigenvalue weighted by molar-refractivity contribution is 7.89. The van der Waals surface area contributed by atoms with Crippen LogP contribution in [0.15, 0.2) is 58.1 Å². The predicted molar refractivity (Wildman–Crippen MR) is 124 cm³/mol. The number of nitrogens with zero attached hydrogens (tertiary/aromatic N) is 1. The molecule has 1 aliphatic rings. The largest absolute Gasteiger partial charge is 0.495 e. The van der Waals surface area contributed by atoms with Crippen molar-refractivity contribution in [3.8, 4) is 5.75 Å². The molecule has 0 fully saturated rings. The monoisotopic (exact) mass is 474 g/mol. The molecule has 9 heteroatoms. The molecule has 0 spiro atoms. The summed E-state index contributed by atoms with van der Waals surface area (Å²) in [6, 6.07) is 10.9. The Bertz CT molecular complexity index is 1210. The van der Waals surface area contributed by atoms with Gasteiger partial charge in [0.2, 0.25) is 15.9 Å². The number of carbonyl (C=O) groups is 1. The molecule has 1 aliphatic heterocycles. The number of methoxy groups -OCH3 is 1. The van der Waals surface area contributed by atoms with E-state index in [1.165, 1.54) is 36.7 Å². The average Bonchev–Trinajstić information content (AvgIpc) is 3.48. The molecule has 1 unspecified atom stereocenters. The van der Waals surface area contributed by atoms with Gasteiger partial charge in [-0.15, -0.1) is 22.7 Å². The Morgan fingerprint density at radius 1 is 1.23 bits per heavy atom. The van der Waals surface area contributed by atoms with Gasteiger partial charge in [0.1, 0.15) is 10.6 Å². The van der Waals surface area contributed by atoms with Gasteiger partial charge in [-0.25, -0.2) is 13.1 Å². The van der Waals surface area contributed by atoms with E-state index < -0.39 is 10.0 Å². The summed E-state index contributed by atoms with van der Waals surface area (Å²) in [5.41, 5.74) is 1.79. The number of ether oxygens (including phenoxy) is 1. The van der Waals surface area contributed by atoms with Crippen molar-refractivity contribution in [3.05, 3.63) is 74.1 Å². The van der Waals surface area contributed by atoms with E-state index in [1.807, 2.05) is 16.3 Å². The first-order valence-corrected chi connectivity index (χ1v) is 12.9. The second-order valence-corrected chi connectivity index (χ2v) is 10.8. The van der Waals surface area contributed by atoms with Crippen LogP contribution >= 0.6 is 22.7 Å². The predicted octanol–water partition coefficient (Wildman–Crippen LogP) is 3.91. The maximum atomic E-state index is 13.2. The van der Waals surface area contributed by atoms with E-state index in [1.54, 1.807) is 40.9 Å². The highest BCUT2D eigenvalue weighted by atomic mass is 32.2. The van der Waals surface area contributed by atoms with Crippen LogP contribution in [0.25, 0.3) is 6.08 Å². The Labute approximate surface area is 189 Å². The van der Waals surface area contributed by atoms with E-state index in [4.69, 9.17) is 4.74 Å². The number of fused-ring (bicyclic) bond motifs is 1. The van der Waals surface area contributed by atoms with Gasteiger partial charge in [0, 0.05) is 22.4 Å². The molecule has 0 radical (unpaired) electrons. The van der Waals surface area contributed by atoms with E-state index in [-0.39, 0.29) is 22.6 Å². The van der Waals surface area contributed by atoms with Crippen LogP contribution in [0.5, 0.6) is 5.75 Å². The maximum Gasteiger partial charge on any atom is 0.247 e. The molecule has 4 rings (SSSR count). The number of benzene rings is 1. The fourth-order valence-corrected chi connectivity index (χ4v) is 6.37. The van der Waals surface area contributed by atoms with E-state index in [9.17, 15) is 13.2 Å². The first-order chi connectivity index (χ1) is 14.9. The lowest BCUT2D eigenvalue weighted by molar-refractivity contribution is -0.127. The number of thiophene rings is 2. The molecular formula is C22H22N2O4S3. The van der Waals surface area contributed by atoms with Crippen molar-refractivity contribution in [3.63, 3.8) is 0 Å². The summed E-state index contributed by atoms with van der Waals surface area (Å²) in [6.07, 6.45) is 3.99. The summed E-state index contributed by atoms with van der Waals surface area (Å²) in [7, 11) is -0.922. The smallest absolute Gasteiger partial charge is 0.247 e. The molecule has 0 bridgehead atoms. The van der Waals surface area contributed by atoms with Crippen molar-refractivity contribution in [1.82, 2.24) is 9.62 Å². The van der Waals surface area contributed by atoms with Crippen molar-refractivity contribution >= 4 is 44.7 Å². The van der Waals surface area contributed by atoms with Gasteiger partial charge in [-0.3, -0.25) is 4.79 Å². The average molecular weight is 475 g/mol. The van der Waals surface area contributed by atoms with Crippen molar-refractivity contribution in [2.24, 2.45) is 0 Å². The Balaban J connectivity index is 1.63. The summed E-state index contributed by atoms with van der Waals surface area (Å²) >= 11 is 3.38. The normalized spacial score (nSPS) is 16.5. The highest BCUT2D eigenvalue weighted by Crippen LogP contribution is 2.39. The first kappa shape index (κ1) is 21.8. The molecular weight excluding hydrogens is 452 g/mol. The molecule has 6 nitrogen and oxygen atoms in total. The standard InChI is InChI=1S/C22H22N2O4S3/c1-23-31(26,27)20-14-15(5-7-17(20)28-2)6-8-21(25)24-11-9-18-16(10-13-30-18)22(24)19-4-3-12-29-19/h3-8,10,12-14,22-23H,9,11H2,1-2H3/b8-6+. The molecule has 0 saturated carbocycles. The van der Waals surface area contributed by atoms with Crippen LogP contribution in [-0.2, 0) is 21.2 Å². The van der Waals surface area contributed by atoms with Crippen LogP contribution in [0.4, 0.5) is 0 Å². The zero-order chi connectivity index (χ0) is 22.0.